The minimum absolute atomic E-state index is 0.909. The van der Waals surface area contributed by atoms with Gasteiger partial charge >= 0.3 is 0 Å². The Morgan fingerprint density at radius 3 is 1.89 bits per heavy atom. The van der Waals surface area contributed by atoms with Crippen LogP contribution in [0.4, 0.5) is 0 Å². The summed E-state index contributed by atoms with van der Waals surface area (Å²) in [6.07, 6.45) is 7.50. The highest BCUT2D eigenvalue weighted by molar-refractivity contribution is 5.81. The highest BCUT2D eigenvalue weighted by Crippen LogP contribution is 2.34. The van der Waals surface area contributed by atoms with E-state index < -0.39 is 0 Å². The van der Waals surface area contributed by atoms with E-state index in [0.717, 1.165) is 25.1 Å². The minimum atomic E-state index is 0.909. The van der Waals surface area contributed by atoms with Gasteiger partial charge in [-0.25, -0.2) is 4.98 Å². The third-order valence-electron chi connectivity index (χ3n) is 6.78. The van der Waals surface area contributed by atoms with Gasteiger partial charge in [-0.3, -0.25) is 4.57 Å². The predicted octanol–water partition coefficient (Wildman–Crippen LogP) is 8.40. The first-order chi connectivity index (χ1) is 17.3. The van der Waals surface area contributed by atoms with E-state index in [-0.39, 0.29) is 0 Å². The molecule has 0 unspecified atom stereocenters. The quantitative estimate of drug-likeness (QED) is 0.262. The van der Waals surface area contributed by atoms with E-state index in [1.807, 2.05) is 0 Å². The molecule has 0 aliphatic heterocycles. The Morgan fingerprint density at radius 2 is 1.26 bits per heavy atom. The lowest BCUT2D eigenvalue weighted by atomic mass is 9.93. The van der Waals surface area contributed by atoms with Crippen LogP contribution in [-0.2, 0) is 12.8 Å². The van der Waals surface area contributed by atoms with Crippen LogP contribution in [0.2, 0.25) is 0 Å². The van der Waals surface area contributed by atoms with E-state index >= 15 is 0 Å². The minimum Gasteiger partial charge on any atom is -0.297 e. The summed E-state index contributed by atoms with van der Waals surface area (Å²) in [5.41, 5.74) is 11.0. The van der Waals surface area contributed by atoms with Crippen LogP contribution < -0.4 is 0 Å². The molecular weight excluding hydrogens is 424 g/mol. The smallest absolute Gasteiger partial charge is 0.113 e. The highest BCUT2D eigenvalue weighted by atomic mass is 15.1. The fourth-order valence-corrected chi connectivity index (χ4v) is 5.04. The summed E-state index contributed by atoms with van der Waals surface area (Å²) < 4.78 is 2.34. The summed E-state index contributed by atoms with van der Waals surface area (Å²) in [5, 5.41) is 0. The van der Waals surface area contributed by atoms with Crippen LogP contribution in [-0.4, -0.2) is 9.55 Å². The van der Waals surface area contributed by atoms with Gasteiger partial charge in [0, 0.05) is 12.1 Å². The average molecular weight is 453 g/mol. The van der Waals surface area contributed by atoms with Crippen molar-refractivity contribution in [2.75, 3.05) is 0 Å². The molecule has 2 heteroatoms. The largest absolute Gasteiger partial charge is 0.297 e. The summed E-state index contributed by atoms with van der Waals surface area (Å²) in [7, 11) is 0. The molecule has 0 fully saturated rings. The number of hydrogen-bond acceptors (Lipinski definition) is 1. The van der Waals surface area contributed by atoms with Crippen LogP contribution in [0.5, 0.6) is 0 Å². The van der Waals surface area contributed by atoms with E-state index in [4.69, 9.17) is 4.98 Å². The maximum absolute atomic E-state index is 4.97. The molecule has 1 aromatic heterocycles. The Hall–Kier alpha value is -4.17. The standard InChI is InChI=1S/C33H28N2/c1-2-33-34-31-18-9-10-19-32(31)35(33)30-17-11-16-26(23-30)29-21-27(24-12-5-3-6-13-24)20-28(22-29)25-14-7-4-8-15-25/h3-8,10-17,19-23H,2,9,18H2,1H3. The van der Waals surface area contributed by atoms with Crippen molar-refractivity contribution < 1.29 is 0 Å². The van der Waals surface area contributed by atoms with Crippen molar-refractivity contribution in [2.24, 2.45) is 0 Å². The van der Waals surface area contributed by atoms with Gasteiger partial charge in [0.2, 0.25) is 0 Å². The van der Waals surface area contributed by atoms with Crippen LogP contribution in [0.3, 0.4) is 0 Å². The molecule has 0 N–H and O–H groups in total. The molecule has 0 bridgehead atoms. The molecule has 0 atom stereocenters. The number of nitrogens with zero attached hydrogens (tertiary/aromatic N) is 2. The second-order valence-corrected chi connectivity index (χ2v) is 9.07. The molecule has 35 heavy (non-hydrogen) atoms. The molecule has 6 rings (SSSR count). The van der Waals surface area contributed by atoms with Crippen LogP contribution in [0.25, 0.3) is 45.1 Å². The van der Waals surface area contributed by atoms with Crippen molar-refractivity contribution >= 4 is 6.08 Å². The van der Waals surface area contributed by atoms with Crippen LogP contribution in [0, 0.1) is 0 Å². The van der Waals surface area contributed by atoms with Crippen molar-refractivity contribution in [1.29, 1.82) is 0 Å². The van der Waals surface area contributed by atoms with E-state index in [1.54, 1.807) is 0 Å². The monoisotopic (exact) mass is 452 g/mol. The number of aromatic nitrogens is 2. The number of aryl methyl sites for hydroxylation is 2. The fourth-order valence-electron chi connectivity index (χ4n) is 5.04. The zero-order valence-electron chi connectivity index (χ0n) is 20.0. The van der Waals surface area contributed by atoms with Crippen LogP contribution in [0.15, 0.2) is 109 Å². The van der Waals surface area contributed by atoms with Crippen molar-refractivity contribution in [3.63, 3.8) is 0 Å². The number of benzene rings is 4. The van der Waals surface area contributed by atoms with Gasteiger partial charge in [0.1, 0.15) is 5.82 Å². The molecule has 0 radical (unpaired) electrons. The number of hydrogen-bond donors (Lipinski definition) is 0. The van der Waals surface area contributed by atoms with Gasteiger partial charge in [-0.15, -0.1) is 0 Å². The Kier molecular flexibility index (Phi) is 5.64. The summed E-state index contributed by atoms with van der Waals surface area (Å²) in [5.74, 6) is 1.13. The predicted molar refractivity (Wildman–Crippen MR) is 147 cm³/mol. The molecule has 5 aromatic rings. The zero-order chi connectivity index (χ0) is 23.6. The van der Waals surface area contributed by atoms with Gasteiger partial charge in [0.05, 0.1) is 11.4 Å². The lowest BCUT2D eigenvalue weighted by molar-refractivity contribution is 0.884. The lowest BCUT2D eigenvalue weighted by Crippen LogP contribution is -2.03. The third-order valence-corrected chi connectivity index (χ3v) is 6.78. The first-order valence-corrected chi connectivity index (χ1v) is 12.4. The van der Waals surface area contributed by atoms with Gasteiger partial charge < -0.3 is 0 Å². The fraction of sp³-hybridized carbons (Fsp3) is 0.121. The molecule has 0 amide bonds. The zero-order valence-corrected chi connectivity index (χ0v) is 20.0. The highest BCUT2D eigenvalue weighted by Gasteiger charge is 2.18. The molecule has 0 spiro atoms. The van der Waals surface area contributed by atoms with Gasteiger partial charge in [0.15, 0.2) is 0 Å². The number of rotatable bonds is 5. The second-order valence-electron chi connectivity index (χ2n) is 9.07. The first kappa shape index (κ1) is 21.4. The van der Waals surface area contributed by atoms with E-state index in [2.05, 4.69) is 127 Å². The molecule has 1 aliphatic carbocycles. The van der Waals surface area contributed by atoms with E-state index in [0.29, 0.717) is 0 Å². The summed E-state index contributed by atoms with van der Waals surface area (Å²) in [6, 6.07) is 37.1. The van der Waals surface area contributed by atoms with E-state index in [9.17, 15) is 0 Å². The number of imidazole rings is 1. The maximum atomic E-state index is 4.97. The molecule has 1 aliphatic rings. The number of allylic oxidation sites excluding steroid dienone is 1. The van der Waals surface area contributed by atoms with Crippen molar-refractivity contribution in [1.82, 2.24) is 9.55 Å². The molecule has 0 saturated carbocycles. The molecular formula is C33H28N2. The topological polar surface area (TPSA) is 17.8 Å². The Morgan fingerprint density at radius 1 is 0.657 bits per heavy atom. The van der Waals surface area contributed by atoms with Crippen LogP contribution >= 0.6 is 0 Å². The maximum Gasteiger partial charge on any atom is 0.113 e. The SMILES string of the molecule is CCc1nc2c(n1-c1cccc(-c3cc(-c4ccccc4)cc(-c4ccccc4)c3)c1)C=CCC2. The van der Waals surface area contributed by atoms with Crippen LogP contribution in [0.1, 0.15) is 30.6 Å². The van der Waals surface area contributed by atoms with Gasteiger partial charge in [-0.05, 0) is 82.6 Å². The summed E-state index contributed by atoms with van der Waals surface area (Å²) in [6.45, 7) is 2.19. The van der Waals surface area contributed by atoms with Crippen molar-refractivity contribution in [3.8, 4) is 39.1 Å². The average Bonchev–Trinajstić information content (AvgIpc) is 3.33. The molecule has 0 saturated heterocycles. The van der Waals surface area contributed by atoms with Gasteiger partial charge in [-0.1, -0.05) is 85.8 Å². The Labute approximate surface area is 207 Å². The molecule has 1 heterocycles. The molecule has 4 aromatic carbocycles. The summed E-state index contributed by atoms with van der Waals surface area (Å²) in [4.78, 5) is 4.97. The molecule has 170 valence electrons. The second kappa shape index (κ2) is 9.23. The Balaban J connectivity index is 1.51. The van der Waals surface area contributed by atoms with Crippen molar-refractivity contribution in [2.45, 2.75) is 26.2 Å². The van der Waals surface area contributed by atoms with Gasteiger partial charge in [-0.2, -0.15) is 0 Å². The first-order valence-electron chi connectivity index (χ1n) is 12.4. The normalized spacial score (nSPS) is 12.5. The molecule has 2 nitrogen and oxygen atoms in total. The van der Waals surface area contributed by atoms with E-state index in [1.165, 1.54) is 50.5 Å². The Bertz CT molecular complexity index is 1450. The number of fused-ring (bicyclic) bond motifs is 1. The summed E-state index contributed by atoms with van der Waals surface area (Å²) >= 11 is 0. The lowest BCUT2D eigenvalue weighted by Gasteiger charge is -2.15. The third kappa shape index (κ3) is 4.13. The van der Waals surface area contributed by atoms with Crippen molar-refractivity contribution in [3.05, 3.63) is 126 Å². The van der Waals surface area contributed by atoms with Gasteiger partial charge in [0.25, 0.3) is 0 Å².